The number of para-hydroxylation sites is 1. The van der Waals surface area contributed by atoms with Crippen molar-refractivity contribution in [2.45, 2.75) is 26.7 Å². The second-order valence-corrected chi connectivity index (χ2v) is 4.92. The first-order chi connectivity index (χ1) is 10.3. The summed E-state index contributed by atoms with van der Waals surface area (Å²) in [5.74, 6) is 0.562. The van der Waals surface area contributed by atoms with Gasteiger partial charge in [-0.25, -0.2) is 9.67 Å². The molecule has 1 aromatic carbocycles. The second kappa shape index (κ2) is 5.87. The average Bonchev–Trinajstić information content (AvgIpc) is 2.85. The molecule has 0 unspecified atom stereocenters. The van der Waals surface area contributed by atoms with E-state index in [4.69, 9.17) is 0 Å². The normalized spacial score (nSPS) is 11.0. The maximum atomic E-state index is 4.52. The standard InChI is InChI=1S/C15H18N6/c1-3-4-10-16-15-17-13-11(2)20-21(14(13)18-19-15)12-8-6-5-7-9-12/h5-9H,3-4,10H2,1-2H3,(H,16,17,19). The molecule has 3 rings (SSSR count). The Labute approximate surface area is 123 Å². The van der Waals surface area contributed by atoms with Crippen molar-refractivity contribution in [1.82, 2.24) is 25.0 Å². The highest BCUT2D eigenvalue weighted by Gasteiger charge is 2.13. The van der Waals surface area contributed by atoms with Crippen LogP contribution in [0.5, 0.6) is 0 Å². The van der Waals surface area contributed by atoms with E-state index in [0.29, 0.717) is 11.6 Å². The van der Waals surface area contributed by atoms with Crippen LogP contribution in [0.4, 0.5) is 5.95 Å². The molecule has 21 heavy (non-hydrogen) atoms. The minimum Gasteiger partial charge on any atom is -0.353 e. The molecule has 0 saturated carbocycles. The number of nitrogens with one attached hydrogen (secondary N) is 1. The molecule has 0 bridgehead atoms. The summed E-state index contributed by atoms with van der Waals surface area (Å²) < 4.78 is 1.78. The molecule has 2 aromatic heterocycles. The Bertz CT molecular complexity index is 735. The quantitative estimate of drug-likeness (QED) is 0.729. The van der Waals surface area contributed by atoms with E-state index in [2.05, 4.69) is 32.5 Å². The summed E-state index contributed by atoms with van der Waals surface area (Å²) in [6.45, 7) is 4.94. The van der Waals surface area contributed by atoms with Crippen LogP contribution in [0.25, 0.3) is 16.9 Å². The minimum atomic E-state index is 0.562. The Morgan fingerprint density at radius 1 is 1.14 bits per heavy atom. The summed E-state index contributed by atoms with van der Waals surface area (Å²) in [6.07, 6.45) is 2.22. The Morgan fingerprint density at radius 3 is 2.71 bits per heavy atom. The smallest absolute Gasteiger partial charge is 0.243 e. The number of nitrogens with zero attached hydrogens (tertiary/aromatic N) is 5. The molecule has 0 amide bonds. The predicted molar refractivity (Wildman–Crippen MR) is 82.6 cm³/mol. The van der Waals surface area contributed by atoms with Crippen molar-refractivity contribution in [2.24, 2.45) is 0 Å². The zero-order valence-corrected chi connectivity index (χ0v) is 12.2. The number of rotatable bonds is 5. The molecule has 6 nitrogen and oxygen atoms in total. The summed E-state index contributed by atoms with van der Waals surface area (Å²) in [7, 11) is 0. The van der Waals surface area contributed by atoms with Gasteiger partial charge in [0.15, 0.2) is 0 Å². The molecule has 3 aromatic rings. The lowest BCUT2D eigenvalue weighted by Gasteiger charge is -2.03. The molecule has 2 heterocycles. The maximum absolute atomic E-state index is 4.52. The van der Waals surface area contributed by atoms with E-state index in [-0.39, 0.29) is 0 Å². The van der Waals surface area contributed by atoms with Crippen LogP contribution in [-0.2, 0) is 0 Å². The van der Waals surface area contributed by atoms with Gasteiger partial charge in [-0.05, 0) is 25.5 Å². The monoisotopic (exact) mass is 282 g/mol. The van der Waals surface area contributed by atoms with Gasteiger partial charge in [0, 0.05) is 6.54 Å². The van der Waals surface area contributed by atoms with E-state index in [9.17, 15) is 0 Å². The molecule has 0 atom stereocenters. The molecule has 0 aliphatic rings. The highest BCUT2D eigenvalue weighted by molar-refractivity contribution is 5.75. The van der Waals surface area contributed by atoms with Gasteiger partial charge in [-0.15, -0.1) is 10.2 Å². The maximum Gasteiger partial charge on any atom is 0.243 e. The van der Waals surface area contributed by atoms with Crippen molar-refractivity contribution in [3.63, 3.8) is 0 Å². The minimum absolute atomic E-state index is 0.562. The van der Waals surface area contributed by atoms with E-state index in [1.54, 1.807) is 4.68 Å². The van der Waals surface area contributed by atoms with Crippen molar-refractivity contribution in [1.29, 1.82) is 0 Å². The van der Waals surface area contributed by atoms with Crippen LogP contribution in [0.2, 0.25) is 0 Å². The topological polar surface area (TPSA) is 68.5 Å². The van der Waals surface area contributed by atoms with E-state index in [1.165, 1.54) is 0 Å². The van der Waals surface area contributed by atoms with Crippen LogP contribution in [0.3, 0.4) is 0 Å². The first kappa shape index (κ1) is 13.5. The molecule has 0 fully saturated rings. The third-order valence-corrected chi connectivity index (χ3v) is 3.28. The van der Waals surface area contributed by atoms with E-state index >= 15 is 0 Å². The number of anilines is 1. The first-order valence-electron chi connectivity index (χ1n) is 7.19. The number of fused-ring (bicyclic) bond motifs is 1. The lowest BCUT2D eigenvalue weighted by molar-refractivity contribution is 0.819. The number of unbranched alkanes of at least 4 members (excludes halogenated alkanes) is 1. The summed E-state index contributed by atoms with van der Waals surface area (Å²) in [6, 6.07) is 9.89. The van der Waals surface area contributed by atoms with E-state index in [0.717, 1.165) is 36.3 Å². The zero-order valence-electron chi connectivity index (χ0n) is 12.2. The van der Waals surface area contributed by atoms with Gasteiger partial charge in [0.25, 0.3) is 0 Å². The molecule has 1 N–H and O–H groups in total. The Kier molecular flexibility index (Phi) is 3.77. The van der Waals surface area contributed by atoms with Gasteiger partial charge in [-0.2, -0.15) is 5.10 Å². The fraction of sp³-hybridized carbons (Fsp3) is 0.333. The highest BCUT2D eigenvalue weighted by atomic mass is 15.4. The van der Waals surface area contributed by atoms with Crippen molar-refractivity contribution in [2.75, 3.05) is 11.9 Å². The van der Waals surface area contributed by atoms with Gasteiger partial charge in [-0.1, -0.05) is 31.5 Å². The van der Waals surface area contributed by atoms with Crippen molar-refractivity contribution >= 4 is 17.1 Å². The number of aryl methyl sites for hydroxylation is 1. The van der Waals surface area contributed by atoms with Crippen LogP contribution in [0, 0.1) is 6.92 Å². The molecule has 6 heteroatoms. The van der Waals surface area contributed by atoms with Crippen LogP contribution < -0.4 is 5.32 Å². The molecule has 108 valence electrons. The van der Waals surface area contributed by atoms with Gasteiger partial charge in [0.2, 0.25) is 11.6 Å². The van der Waals surface area contributed by atoms with Gasteiger partial charge in [0.05, 0.1) is 11.4 Å². The van der Waals surface area contributed by atoms with Crippen LogP contribution in [0.15, 0.2) is 30.3 Å². The molecular weight excluding hydrogens is 264 g/mol. The van der Waals surface area contributed by atoms with Gasteiger partial charge in [-0.3, -0.25) is 0 Å². The van der Waals surface area contributed by atoms with Crippen LogP contribution >= 0.6 is 0 Å². The molecule has 0 aliphatic carbocycles. The van der Waals surface area contributed by atoms with Crippen molar-refractivity contribution < 1.29 is 0 Å². The number of aromatic nitrogens is 5. The third kappa shape index (κ3) is 2.69. The first-order valence-corrected chi connectivity index (χ1v) is 7.19. The molecule has 0 radical (unpaired) electrons. The highest BCUT2D eigenvalue weighted by Crippen LogP contribution is 2.18. The van der Waals surface area contributed by atoms with E-state index < -0.39 is 0 Å². The Hall–Kier alpha value is -2.50. The Morgan fingerprint density at radius 2 is 1.95 bits per heavy atom. The molecule has 0 saturated heterocycles. The Balaban J connectivity index is 1.98. The largest absolute Gasteiger partial charge is 0.353 e. The SMILES string of the molecule is CCCCNc1nnc2c(n1)c(C)nn2-c1ccccc1. The molecular formula is C15H18N6. The summed E-state index contributed by atoms with van der Waals surface area (Å²) in [5.41, 5.74) is 3.27. The summed E-state index contributed by atoms with van der Waals surface area (Å²) in [5, 5.41) is 16.1. The molecule has 0 spiro atoms. The number of hydrogen-bond donors (Lipinski definition) is 1. The average molecular weight is 282 g/mol. The molecule has 0 aliphatic heterocycles. The lowest BCUT2D eigenvalue weighted by atomic mass is 10.3. The lowest BCUT2D eigenvalue weighted by Crippen LogP contribution is -2.07. The van der Waals surface area contributed by atoms with Gasteiger partial charge < -0.3 is 5.32 Å². The summed E-state index contributed by atoms with van der Waals surface area (Å²) >= 11 is 0. The number of hydrogen-bond acceptors (Lipinski definition) is 5. The summed E-state index contributed by atoms with van der Waals surface area (Å²) in [4.78, 5) is 4.52. The predicted octanol–water partition coefficient (Wildman–Crippen LogP) is 2.73. The van der Waals surface area contributed by atoms with Crippen LogP contribution in [-0.4, -0.2) is 31.5 Å². The van der Waals surface area contributed by atoms with Gasteiger partial charge in [0.1, 0.15) is 5.52 Å². The fourth-order valence-electron chi connectivity index (χ4n) is 2.15. The van der Waals surface area contributed by atoms with Crippen molar-refractivity contribution in [3.05, 3.63) is 36.0 Å². The second-order valence-electron chi connectivity index (χ2n) is 4.92. The third-order valence-electron chi connectivity index (χ3n) is 3.28. The van der Waals surface area contributed by atoms with Gasteiger partial charge >= 0.3 is 0 Å². The van der Waals surface area contributed by atoms with Crippen molar-refractivity contribution in [3.8, 4) is 5.69 Å². The van der Waals surface area contributed by atoms with Crippen LogP contribution in [0.1, 0.15) is 25.5 Å². The van der Waals surface area contributed by atoms with E-state index in [1.807, 2.05) is 37.3 Å². The fourth-order valence-corrected chi connectivity index (χ4v) is 2.15. The number of benzene rings is 1. The zero-order chi connectivity index (χ0) is 14.7.